The summed E-state index contributed by atoms with van der Waals surface area (Å²) in [5.41, 5.74) is 6.54. The number of ether oxygens (including phenoxy) is 2. The molecule has 0 atom stereocenters. The van der Waals surface area contributed by atoms with Gasteiger partial charge in [0.05, 0.1) is 19.9 Å². The Labute approximate surface area is 164 Å². The quantitative estimate of drug-likeness (QED) is 0.535. The van der Waals surface area contributed by atoms with E-state index in [1.54, 1.807) is 55.6 Å². The van der Waals surface area contributed by atoms with Crippen LogP contribution in [-0.2, 0) is 0 Å². The molecule has 4 rings (SSSR count). The molecule has 146 valence electrons. The van der Waals surface area contributed by atoms with Gasteiger partial charge >= 0.3 is 5.69 Å². The average molecular weight is 391 g/mol. The molecule has 0 radical (unpaired) electrons. The van der Waals surface area contributed by atoms with Crippen LogP contribution in [0.25, 0.3) is 28.2 Å². The van der Waals surface area contributed by atoms with E-state index in [0.717, 1.165) is 0 Å². The van der Waals surface area contributed by atoms with Crippen LogP contribution in [0, 0.1) is 0 Å². The van der Waals surface area contributed by atoms with Gasteiger partial charge in [-0.25, -0.2) is 19.3 Å². The molecule has 9 heteroatoms. The third kappa shape index (κ3) is 3.18. The summed E-state index contributed by atoms with van der Waals surface area (Å²) in [7, 11) is 3.10. The topological polar surface area (TPSA) is 125 Å². The molecule has 9 nitrogen and oxygen atoms in total. The Morgan fingerprint density at radius 2 is 1.76 bits per heavy atom. The minimum atomic E-state index is -0.772. The third-order valence-electron chi connectivity index (χ3n) is 4.43. The Bertz CT molecular complexity index is 1270. The van der Waals surface area contributed by atoms with E-state index in [1.807, 2.05) is 0 Å². The molecule has 2 heterocycles. The van der Waals surface area contributed by atoms with Gasteiger partial charge in [0, 0.05) is 11.6 Å². The highest BCUT2D eigenvalue weighted by molar-refractivity contribution is 6.02. The maximum atomic E-state index is 12.7. The number of rotatable bonds is 5. The maximum absolute atomic E-state index is 12.7. The summed E-state index contributed by atoms with van der Waals surface area (Å²) in [4.78, 5) is 36.1. The van der Waals surface area contributed by atoms with Gasteiger partial charge in [-0.3, -0.25) is 4.79 Å². The van der Waals surface area contributed by atoms with Gasteiger partial charge in [-0.2, -0.15) is 0 Å². The SMILES string of the molecule is COc1ccc(-c2nc(C(N)=O)c3[nH]c(=O)n(-c4cccc(OC)c4)c3n2)cc1. The fourth-order valence-corrected chi connectivity index (χ4v) is 3.02. The van der Waals surface area contributed by atoms with E-state index in [0.29, 0.717) is 22.7 Å². The lowest BCUT2D eigenvalue weighted by Gasteiger charge is -2.08. The summed E-state index contributed by atoms with van der Waals surface area (Å²) in [5.74, 6) is 0.721. The smallest absolute Gasteiger partial charge is 0.332 e. The van der Waals surface area contributed by atoms with Gasteiger partial charge in [0.15, 0.2) is 17.2 Å². The summed E-state index contributed by atoms with van der Waals surface area (Å²) in [6.45, 7) is 0. The number of nitrogens with one attached hydrogen (secondary N) is 1. The summed E-state index contributed by atoms with van der Waals surface area (Å²) < 4.78 is 11.7. The zero-order valence-electron chi connectivity index (χ0n) is 15.7. The second-order valence-electron chi connectivity index (χ2n) is 6.15. The Morgan fingerprint density at radius 3 is 2.41 bits per heavy atom. The summed E-state index contributed by atoms with van der Waals surface area (Å²) in [6, 6.07) is 13.9. The van der Waals surface area contributed by atoms with Crippen molar-refractivity contribution in [3.8, 4) is 28.6 Å². The van der Waals surface area contributed by atoms with Crippen molar-refractivity contribution in [1.29, 1.82) is 0 Å². The number of nitrogens with zero attached hydrogens (tertiary/aromatic N) is 3. The van der Waals surface area contributed by atoms with E-state index in [4.69, 9.17) is 15.2 Å². The van der Waals surface area contributed by atoms with Gasteiger partial charge in [0.25, 0.3) is 5.91 Å². The van der Waals surface area contributed by atoms with Crippen LogP contribution in [0.5, 0.6) is 11.5 Å². The number of hydrogen-bond donors (Lipinski definition) is 2. The zero-order valence-corrected chi connectivity index (χ0v) is 15.7. The van der Waals surface area contributed by atoms with Gasteiger partial charge in [-0.15, -0.1) is 0 Å². The van der Waals surface area contributed by atoms with Crippen molar-refractivity contribution in [2.45, 2.75) is 0 Å². The molecule has 1 amide bonds. The van der Waals surface area contributed by atoms with Gasteiger partial charge in [-0.05, 0) is 36.4 Å². The molecule has 0 aliphatic rings. The molecule has 0 saturated heterocycles. The van der Waals surface area contributed by atoms with E-state index in [9.17, 15) is 9.59 Å². The normalized spacial score (nSPS) is 10.8. The minimum Gasteiger partial charge on any atom is -0.497 e. The van der Waals surface area contributed by atoms with Gasteiger partial charge < -0.3 is 20.2 Å². The van der Waals surface area contributed by atoms with E-state index in [1.165, 1.54) is 11.7 Å². The number of carbonyl (C=O) groups excluding carboxylic acids is 1. The second-order valence-corrected chi connectivity index (χ2v) is 6.15. The molecule has 29 heavy (non-hydrogen) atoms. The van der Waals surface area contributed by atoms with Gasteiger partial charge in [-0.1, -0.05) is 6.07 Å². The second kappa shape index (κ2) is 7.12. The number of benzene rings is 2. The highest BCUT2D eigenvalue weighted by atomic mass is 16.5. The first-order valence-corrected chi connectivity index (χ1v) is 8.63. The van der Waals surface area contributed by atoms with Crippen molar-refractivity contribution in [3.63, 3.8) is 0 Å². The number of imidazole rings is 1. The minimum absolute atomic E-state index is 0.0698. The Balaban J connectivity index is 2.00. The first-order chi connectivity index (χ1) is 14.0. The number of aromatic nitrogens is 4. The summed E-state index contributed by atoms with van der Waals surface area (Å²) >= 11 is 0. The van der Waals surface area contributed by atoms with E-state index in [2.05, 4.69) is 15.0 Å². The number of amides is 1. The Morgan fingerprint density at radius 1 is 1.03 bits per heavy atom. The largest absolute Gasteiger partial charge is 0.497 e. The van der Waals surface area contributed by atoms with Gasteiger partial charge in [0.2, 0.25) is 0 Å². The van der Waals surface area contributed by atoms with Crippen LogP contribution in [0.1, 0.15) is 10.5 Å². The number of hydrogen-bond acceptors (Lipinski definition) is 6. The van der Waals surface area contributed by atoms with Crippen molar-refractivity contribution in [1.82, 2.24) is 19.5 Å². The molecule has 0 bridgehead atoms. The molecule has 2 aromatic heterocycles. The number of aromatic amines is 1. The first-order valence-electron chi connectivity index (χ1n) is 8.63. The molecule has 0 aliphatic carbocycles. The van der Waals surface area contributed by atoms with Crippen LogP contribution >= 0.6 is 0 Å². The van der Waals surface area contributed by atoms with Gasteiger partial charge in [0.1, 0.15) is 17.0 Å². The van der Waals surface area contributed by atoms with E-state index in [-0.39, 0.29) is 22.7 Å². The highest BCUT2D eigenvalue weighted by Gasteiger charge is 2.20. The standard InChI is InChI=1S/C20H17N5O4/c1-28-13-8-6-11(7-9-13)18-22-15(17(21)26)16-19(24-18)25(20(27)23-16)12-4-3-5-14(10-12)29-2/h3-10H,1-2H3,(H2,21,26)(H,23,27). The van der Waals surface area contributed by atoms with Crippen molar-refractivity contribution in [3.05, 3.63) is 64.7 Å². The van der Waals surface area contributed by atoms with Crippen LogP contribution in [0.4, 0.5) is 0 Å². The molecule has 0 aliphatic heterocycles. The van der Waals surface area contributed by atoms with Crippen molar-refractivity contribution in [2.24, 2.45) is 5.73 Å². The molecule has 0 spiro atoms. The Kier molecular flexibility index (Phi) is 4.47. The highest BCUT2D eigenvalue weighted by Crippen LogP contribution is 2.24. The number of carbonyl (C=O) groups is 1. The molecule has 4 aromatic rings. The van der Waals surface area contributed by atoms with Crippen molar-refractivity contribution < 1.29 is 14.3 Å². The lowest BCUT2D eigenvalue weighted by molar-refractivity contribution is 0.0997. The van der Waals surface area contributed by atoms with Crippen molar-refractivity contribution >= 4 is 17.1 Å². The summed E-state index contributed by atoms with van der Waals surface area (Å²) in [5, 5.41) is 0. The maximum Gasteiger partial charge on any atom is 0.332 e. The number of fused-ring (bicyclic) bond motifs is 1. The molecular formula is C20H17N5O4. The predicted octanol–water partition coefficient (Wildman–Crippen LogP) is 1.89. The lowest BCUT2D eigenvalue weighted by Crippen LogP contribution is -2.15. The Hall–Kier alpha value is -4.14. The number of nitrogens with two attached hydrogens (primary N) is 1. The monoisotopic (exact) mass is 391 g/mol. The summed E-state index contributed by atoms with van der Waals surface area (Å²) in [6.07, 6.45) is 0. The number of methoxy groups -OCH3 is 2. The van der Waals surface area contributed by atoms with Crippen LogP contribution in [0.3, 0.4) is 0 Å². The zero-order chi connectivity index (χ0) is 20.5. The van der Waals surface area contributed by atoms with Crippen LogP contribution in [0.15, 0.2) is 53.3 Å². The molecule has 0 unspecified atom stereocenters. The fourth-order valence-electron chi connectivity index (χ4n) is 3.02. The van der Waals surface area contributed by atoms with Crippen LogP contribution in [-0.4, -0.2) is 39.6 Å². The van der Waals surface area contributed by atoms with Crippen molar-refractivity contribution in [2.75, 3.05) is 14.2 Å². The lowest BCUT2D eigenvalue weighted by atomic mass is 10.2. The van der Waals surface area contributed by atoms with E-state index < -0.39 is 11.6 Å². The van der Waals surface area contributed by atoms with Crippen LogP contribution in [0.2, 0.25) is 0 Å². The van der Waals surface area contributed by atoms with E-state index >= 15 is 0 Å². The third-order valence-corrected chi connectivity index (χ3v) is 4.43. The first kappa shape index (κ1) is 18.2. The van der Waals surface area contributed by atoms with Crippen LogP contribution < -0.4 is 20.9 Å². The number of primary amides is 1. The molecule has 3 N–H and O–H groups in total. The predicted molar refractivity (Wildman–Crippen MR) is 107 cm³/mol. The fraction of sp³-hybridized carbons (Fsp3) is 0.100. The molecule has 0 fully saturated rings. The molecular weight excluding hydrogens is 374 g/mol. The molecule has 2 aromatic carbocycles. The average Bonchev–Trinajstić information content (AvgIpc) is 3.08. The number of H-pyrrole nitrogens is 1. The molecule has 0 saturated carbocycles.